The molecule has 0 saturated carbocycles. The van der Waals surface area contributed by atoms with E-state index in [2.05, 4.69) is 54.6 Å². The molecular weight excluding hydrogens is 484 g/mol. The highest BCUT2D eigenvalue weighted by Gasteiger charge is 2.19. The van der Waals surface area contributed by atoms with Gasteiger partial charge in [0.25, 0.3) is 0 Å². The Morgan fingerprint density at radius 1 is 0.641 bits per heavy atom. The van der Waals surface area contributed by atoms with Crippen molar-refractivity contribution in [3.63, 3.8) is 0 Å². The van der Waals surface area contributed by atoms with Crippen LogP contribution in [0.5, 0.6) is 11.5 Å². The van der Waals surface area contributed by atoms with Crippen LogP contribution in [-0.2, 0) is 4.74 Å². The molecular formula is C35H27O4+. The molecule has 0 bridgehead atoms. The lowest BCUT2D eigenvalue weighted by molar-refractivity contribution is 0.413. The summed E-state index contributed by atoms with van der Waals surface area (Å²) in [7, 11) is 3.31. The van der Waals surface area contributed by atoms with E-state index in [1.54, 1.807) is 14.2 Å². The molecule has 6 rings (SSSR count). The molecule has 0 atom stereocenters. The van der Waals surface area contributed by atoms with Crippen LogP contribution in [0.15, 0.2) is 131 Å². The Morgan fingerprint density at radius 2 is 1.15 bits per heavy atom. The van der Waals surface area contributed by atoms with E-state index in [4.69, 9.17) is 18.6 Å². The second kappa shape index (κ2) is 10.7. The van der Waals surface area contributed by atoms with Gasteiger partial charge in [-0.3, -0.25) is 0 Å². The quantitative estimate of drug-likeness (QED) is 0.168. The first-order valence-corrected chi connectivity index (χ1v) is 12.7. The number of allylic oxidation sites excluding steroid dienone is 5. The molecule has 1 aliphatic heterocycles. The lowest BCUT2D eigenvalue weighted by atomic mass is 10.0. The number of fused-ring (bicyclic) bond motifs is 2. The summed E-state index contributed by atoms with van der Waals surface area (Å²) >= 11 is 0. The summed E-state index contributed by atoms with van der Waals surface area (Å²) in [5, 5.41) is 1.99. The third-order valence-electron chi connectivity index (χ3n) is 6.66. The predicted octanol–water partition coefficient (Wildman–Crippen LogP) is 8.94. The molecule has 1 aliphatic rings. The number of hydrogen-bond acceptors (Lipinski definition) is 3. The van der Waals surface area contributed by atoms with Crippen molar-refractivity contribution in [3.05, 3.63) is 144 Å². The lowest BCUT2D eigenvalue weighted by Gasteiger charge is -2.18. The van der Waals surface area contributed by atoms with Crippen molar-refractivity contribution in [3.8, 4) is 11.5 Å². The van der Waals surface area contributed by atoms with Gasteiger partial charge >= 0.3 is 11.2 Å². The molecule has 0 fully saturated rings. The fourth-order valence-electron chi connectivity index (χ4n) is 4.68. The van der Waals surface area contributed by atoms with Gasteiger partial charge in [0.1, 0.15) is 23.0 Å². The van der Waals surface area contributed by atoms with E-state index >= 15 is 0 Å². The third-order valence-corrected chi connectivity index (χ3v) is 6.66. The van der Waals surface area contributed by atoms with Crippen LogP contribution in [-0.4, -0.2) is 14.2 Å². The summed E-state index contributed by atoms with van der Waals surface area (Å²) in [5.74, 6) is 3.10. The van der Waals surface area contributed by atoms with E-state index in [-0.39, 0.29) is 0 Å². The fraction of sp³-hybridized carbons (Fsp3) is 0.0571. The average molecular weight is 512 g/mol. The fourth-order valence-corrected chi connectivity index (χ4v) is 4.68. The zero-order valence-corrected chi connectivity index (χ0v) is 21.8. The SMILES string of the molecule is COc1ccc2c(/C=C/C=C3C=C(c4ccccc4)OC(c4ccccc4)=C3)c3ccc(OC)cc3[o+]c2c1. The van der Waals surface area contributed by atoms with Crippen molar-refractivity contribution < 1.29 is 18.6 Å². The van der Waals surface area contributed by atoms with Crippen LogP contribution in [0.1, 0.15) is 16.7 Å². The maximum Gasteiger partial charge on any atom is 0.365 e. The molecule has 0 saturated heterocycles. The average Bonchev–Trinajstić information content (AvgIpc) is 3.00. The maximum absolute atomic E-state index is 6.33. The topological polar surface area (TPSA) is 39.0 Å². The maximum atomic E-state index is 6.33. The second-order valence-corrected chi connectivity index (χ2v) is 9.12. The lowest BCUT2D eigenvalue weighted by Crippen LogP contribution is -1.99. The van der Waals surface area contributed by atoms with Gasteiger partial charge in [-0.15, -0.1) is 0 Å². The van der Waals surface area contributed by atoms with Crippen molar-refractivity contribution in [2.45, 2.75) is 0 Å². The molecule has 2 heterocycles. The first kappa shape index (κ1) is 24.3. The molecule has 4 heteroatoms. The molecule has 0 spiro atoms. The van der Waals surface area contributed by atoms with E-state index in [9.17, 15) is 0 Å². The minimum Gasteiger partial charge on any atom is -0.496 e. The minimum atomic E-state index is 0.741. The van der Waals surface area contributed by atoms with Crippen molar-refractivity contribution >= 4 is 39.5 Å². The molecule has 4 aromatic carbocycles. The molecule has 39 heavy (non-hydrogen) atoms. The summed E-state index contributed by atoms with van der Waals surface area (Å²) < 4.78 is 23.5. The van der Waals surface area contributed by atoms with E-state index in [0.717, 1.165) is 67.2 Å². The number of ether oxygens (including phenoxy) is 3. The van der Waals surface area contributed by atoms with Crippen molar-refractivity contribution in [1.82, 2.24) is 0 Å². The molecule has 5 aromatic rings. The third kappa shape index (κ3) is 5.05. The normalized spacial score (nSPS) is 13.2. The first-order valence-electron chi connectivity index (χ1n) is 12.7. The summed E-state index contributed by atoms with van der Waals surface area (Å²) in [4.78, 5) is 0. The molecule has 0 N–H and O–H groups in total. The molecule has 0 unspecified atom stereocenters. The Balaban J connectivity index is 1.46. The molecule has 4 nitrogen and oxygen atoms in total. The molecule has 190 valence electrons. The van der Waals surface area contributed by atoms with Gasteiger partial charge in [0.05, 0.1) is 37.1 Å². The van der Waals surface area contributed by atoms with Gasteiger partial charge in [0, 0.05) is 16.7 Å². The highest BCUT2D eigenvalue weighted by Crippen LogP contribution is 2.35. The van der Waals surface area contributed by atoms with Crippen LogP contribution in [0, 0.1) is 0 Å². The summed E-state index contributed by atoms with van der Waals surface area (Å²) in [6.45, 7) is 0. The van der Waals surface area contributed by atoms with Crippen LogP contribution in [0.3, 0.4) is 0 Å². The predicted molar refractivity (Wildman–Crippen MR) is 158 cm³/mol. The Hall–Kier alpha value is -5.09. The molecule has 0 radical (unpaired) electrons. The summed E-state index contributed by atoms with van der Waals surface area (Å²) in [5.41, 5.74) is 5.63. The number of benzene rings is 4. The van der Waals surface area contributed by atoms with Crippen LogP contribution in [0.25, 0.3) is 39.5 Å². The van der Waals surface area contributed by atoms with Crippen LogP contribution >= 0.6 is 0 Å². The van der Waals surface area contributed by atoms with E-state index in [1.807, 2.05) is 72.8 Å². The van der Waals surface area contributed by atoms with Gasteiger partial charge in [-0.2, -0.15) is 0 Å². The molecule has 0 aliphatic carbocycles. The standard InChI is InChI=1S/C35H27O4/c1-36-27-16-18-30-29(31-19-17-28(37-2)23-35(31)39-34(30)22-27)15-9-10-24-20-32(25-11-5-3-6-12-25)38-33(21-24)26-13-7-4-8-14-26/h3-23H,1-2H3/q+1. The highest BCUT2D eigenvalue weighted by molar-refractivity contribution is 6.01. The Kier molecular flexibility index (Phi) is 6.67. The van der Waals surface area contributed by atoms with Crippen LogP contribution in [0.2, 0.25) is 0 Å². The van der Waals surface area contributed by atoms with Crippen molar-refractivity contribution in [2.24, 2.45) is 0 Å². The van der Waals surface area contributed by atoms with Crippen LogP contribution in [0.4, 0.5) is 0 Å². The van der Waals surface area contributed by atoms with Crippen molar-refractivity contribution in [2.75, 3.05) is 14.2 Å². The monoisotopic (exact) mass is 511 g/mol. The largest absolute Gasteiger partial charge is 0.496 e. The number of rotatable bonds is 6. The second-order valence-electron chi connectivity index (χ2n) is 9.12. The first-order chi connectivity index (χ1) is 19.2. The van der Waals surface area contributed by atoms with Gasteiger partial charge < -0.3 is 14.2 Å². The van der Waals surface area contributed by atoms with Gasteiger partial charge in [0.2, 0.25) is 0 Å². The minimum absolute atomic E-state index is 0.741. The highest BCUT2D eigenvalue weighted by atomic mass is 16.5. The molecule has 1 aromatic heterocycles. The van der Waals surface area contributed by atoms with E-state index in [1.165, 1.54) is 0 Å². The Bertz CT molecular complexity index is 1660. The molecule has 0 amide bonds. The number of methoxy groups -OCH3 is 2. The summed E-state index contributed by atoms with van der Waals surface area (Å²) in [6.07, 6.45) is 10.4. The Labute approximate surface area is 227 Å². The van der Waals surface area contributed by atoms with Crippen LogP contribution < -0.4 is 9.47 Å². The summed E-state index contributed by atoms with van der Waals surface area (Å²) in [6, 6.07) is 32.1. The van der Waals surface area contributed by atoms with E-state index in [0.29, 0.717) is 0 Å². The van der Waals surface area contributed by atoms with Gasteiger partial charge in [-0.25, -0.2) is 4.42 Å². The van der Waals surface area contributed by atoms with Gasteiger partial charge in [-0.05, 0) is 42.0 Å². The van der Waals surface area contributed by atoms with Crippen molar-refractivity contribution in [1.29, 1.82) is 0 Å². The van der Waals surface area contributed by atoms with Gasteiger partial charge in [0.15, 0.2) is 0 Å². The van der Waals surface area contributed by atoms with E-state index < -0.39 is 0 Å². The Morgan fingerprint density at radius 3 is 1.64 bits per heavy atom. The number of hydrogen-bond donors (Lipinski definition) is 0. The van der Waals surface area contributed by atoms with Gasteiger partial charge in [-0.1, -0.05) is 78.9 Å². The zero-order valence-electron chi connectivity index (χ0n) is 21.8. The zero-order chi connectivity index (χ0) is 26.6. The smallest absolute Gasteiger partial charge is 0.365 e.